The van der Waals surface area contributed by atoms with Gasteiger partial charge in [-0.15, -0.1) is 0 Å². The van der Waals surface area contributed by atoms with E-state index in [-0.39, 0.29) is 12.1 Å². The van der Waals surface area contributed by atoms with E-state index in [9.17, 15) is 0 Å². The topological polar surface area (TPSA) is 52.0 Å². The number of nitrogens with one attached hydrogen (secondary N) is 1. The average Bonchev–Trinajstić information content (AvgIpc) is 3.29. The van der Waals surface area contributed by atoms with Crippen molar-refractivity contribution in [2.45, 2.75) is 25.4 Å². The van der Waals surface area contributed by atoms with E-state index in [1.807, 2.05) is 29.8 Å². The van der Waals surface area contributed by atoms with E-state index < -0.39 is 0 Å². The zero-order valence-electron chi connectivity index (χ0n) is 16.9. The summed E-state index contributed by atoms with van der Waals surface area (Å²) in [5.41, 5.74) is 4.91. The summed E-state index contributed by atoms with van der Waals surface area (Å²) in [6, 6.07) is 27.9. The highest BCUT2D eigenvalue weighted by Gasteiger charge is 2.29. The Morgan fingerprint density at radius 3 is 2.33 bits per heavy atom. The summed E-state index contributed by atoms with van der Waals surface area (Å²) >= 11 is 0. The van der Waals surface area contributed by atoms with Crippen LogP contribution >= 0.6 is 0 Å². The van der Waals surface area contributed by atoms with Crippen LogP contribution in [0.25, 0.3) is 11.1 Å². The lowest BCUT2D eigenvalue weighted by atomic mass is 9.92. The van der Waals surface area contributed by atoms with E-state index in [1.54, 1.807) is 6.33 Å². The highest BCUT2D eigenvalue weighted by atomic mass is 16.5. The summed E-state index contributed by atoms with van der Waals surface area (Å²) in [6.45, 7) is 2.66. The monoisotopic (exact) mass is 396 g/mol. The number of rotatable bonds is 5. The summed E-state index contributed by atoms with van der Waals surface area (Å²) < 4.78 is 7.57. The van der Waals surface area contributed by atoms with E-state index in [4.69, 9.17) is 4.74 Å². The quantitative estimate of drug-likeness (QED) is 0.485. The van der Waals surface area contributed by atoms with Crippen molar-refractivity contribution in [1.82, 2.24) is 14.8 Å². The molecule has 0 unspecified atom stereocenters. The molecule has 1 aliphatic rings. The molecule has 0 fully saturated rings. The van der Waals surface area contributed by atoms with Gasteiger partial charge in [-0.25, -0.2) is 4.68 Å². The molecule has 0 saturated carbocycles. The molecule has 0 bridgehead atoms. The van der Waals surface area contributed by atoms with Gasteiger partial charge in [0.25, 0.3) is 0 Å². The number of aromatic nitrogens is 3. The maximum atomic E-state index is 5.59. The number of ether oxygens (including phenoxy) is 1. The van der Waals surface area contributed by atoms with Crippen LogP contribution in [0.5, 0.6) is 5.75 Å². The van der Waals surface area contributed by atoms with Crippen molar-refractivity contribution >= 4 is 5.95 Å². The van der Waals surface area contributed by atoms with Crippen LogP contribution in [0.1, 0.15) is 36.6 Å². The maximum Gasteiger partial charge on any atom is 0.222 e. The van der Waals surface area contributed by atoms with Gasteiger partial charge < -0.3 is 10.1 Å². The zero-order valence-corrected chi connectivity index (χ0v) is 16.9. The van der Waals surface area contributed by atoms with E-state index >= 15 is 0 Å². The van der Waals surface area contributed by atoms with Crippen molar-refractivity contribution in [2.24, 2.45) is 0 Å². The number of benzene rings is 3. The molecule has 2 atom stereocenters. The van der Waals surface area contributed by atoms with Crippen LogP contribution in [0.15, 0.2) is 85.2 Å². The van der Waals surface area contributed by atoms with Crippen LogP contribution in [0, 0.1) is 0 Å². The van der Waals surface area contributed by atoms with Crippen molar-refractivity contribution < 1.29 is 4.74 Å². The van der Waals surface area contributed by atoms with E-state index in [1.165, 1.54) is 22.3 Å². The lowest BCUT2D eigenvalue weighted by Crippen LogP contribution is -2.28. The third-order valence-electron chi connectivity index (χ3n) is 5.63. The van der Waals surface area contributed by atoms with Gasteiger partial charge in [0, 0.05) is 0 Å². The van der Waals surface area contributed by atoms with Crippen LogP contribution in [0.3, 0.4) is 0 Å². The normalized spacial score (nSPS) is 17.8. The number of nitrogens with zero attached hydrogens (tertiary/aromatic N) is 3. The highest BCUT2D eigenvalue weighted by Crippen LogP contribution is 2.38. The lowest BCUT2D eigenvalue weighted by Gasteiger charge is -2.32. The fourth-order valence-corrected chi connectivity index (χ4v) is 4.11. The summed E-state index contributed by atoms with van der Waals surface area (Å²) in [4.78, 5) is 4.44. The largest absolute Gasteiger partial charge is 0.494 e. The molecule has 150 valence electrons. The maximum absolute atomic E-state index is 5.59. The Hall–Kier alpha value is -3.60. The van der Waals surface area contributed by atoms with Gasteiger partial charge in [-0.2, -0.15) is 10.1 Å². The minimum absolute atomic E-state index is 0.123. The molecular weight excluding hydrogens is 372 g/mol. The fourth-order valence-electron chi connectivity index (χ4n) is 4.11. The summed E-state index contributed by atoms with van der Waals surface area (Å²) in [7, 11) is 0. The smallest absolute Gasteiger partial charge is 0.222 e. The SMILES string of the molecule is CCOc1ccc([C@H]2C[C@H](c3ccc(-c4ccccc4)cc3)Nc3ncnn32)cc1. The standard InChI is InChI=1S/C25H24N4O/c1-2-30-22-14-12-21(13-15-22)24-16-23(28-25-26-17-27-29(24)25)20-10-8-19(9-11-20)18-6-4-3-5-7-18/h3-15,17,23-24H,2,16H2,1H3,(H,26,27,28)/t23-,24-/m1/s1. The van der Waals surface area contributed by atoms with Gasteiger partial charge in [0.2, 0.25) is 5.95 Å². The highest BCUT2D eigenvalue weighted by molar-refractivity contribution is 5.63. The molecule has 1 aromatic heterocycles. The summed E-state index contributed by atoms with van der Waals surface area (Å²) in [5, 5.41) is 8.02. The van der Waals surface area contributed by atoms with Crippen molar-refractivity contribution in [2.75, 3.05) is 11.9 Å². The van der Waals surface area contributed by atoms with E-state index in [0.29, 0.717) is 6.61 Å². The van der Waals surface area contributed by atoms with E-state index in [0.717, 1.165) is 18.1 Å². The van der Waals surface area contributed by atoms with Crippen LogP contribution in [0.2, 0.25) is 0 Å². The molecule has 1 aliphatic heterocycles. The molecule has 4 aromatic rings. The Balaban J connectivity index is 1.42. The van der Waals surface area contributed by atoms with Crippen LogP contribution in [0.4, 0.5) is 5.95 Å². The summed E-state index contributed by atoms with van der Waals surface area (Å²) in [5.74, 6) is 1.69. The van der Waals surface area contributed by atoms with Crippen LogP contribution in [-0.4, -0.2) is 21.4 Å². The van der Waals surface area contributed by atoms with E-state index in [2.05, 4.69) is 76.1 Å². The first-order valence-corrected chi connectivity index (χ1v) is 10.4. The molecule has 5 heteroatoms. The second-order valence-corrected chi connectivity index (χ2v) is 7.47. The third kappa shape index (κ3) is 3.54. The molecule has 0 saturated heterocycles. The zero-order chi connectivity index (χ0) is 20.3. The molecule has 5 rings (SSSR count). The number of fused-ring (bicyclic) bond motifs is 1. The molecule has 1 N–H and O–H groups in total. The first-order chi connectivity index (χ1) is 14.8. The molecule has 5 nitrogen and oxygen atoms in total. The first-order valence-electron chi connectivity index (χ1n) is 10.4. The Bertz CT molecular complexity index is 1100. The number of anilines is 1. The van der Waals surface area contributed by atoms with Crippen molar-refractivity contribution in [3.8, 4) is 16.9 Å². The van der Waals surface area contributed by atoms with Gasteiger partial charge in [0.15, 0.2) is 0 Å². The van der Waals surface area contributed by atoms with Gasteiger partial charge in [-0.3, -0.25) is 0 Å². The van der Waals surface area contributed by atoms with Crippen molar-refractivity contribution in [1.29, 1.82) is 0 Å². The van der Waals surface area contributed by atoms with Crippen molar-refractivity contribution in [3.05, 3.63) is 96.3 Å². The minimum Gasteiger partial charge on any atom is -0.494 e. The van der Waals surface area contributed by atoms with Crippen LogP contribution in [-0.2, 0) is 0 Å². The number of hydrogen-bond donors (Lipinski definition) is 1. The number of hydrogen-bond acceptors (Lipinski definition) is 4. The Labute approximate surface area is 176 Å². The lowest BCUT2D eigenvalue weighted by molar-refractivity contribution is 0.340. The molecule has 30 heavy (non-hydrogen) atoms. The van der Waals surface area contributed by atoms with Gasteiger partial charge in [-0.1, -0.05) is 66.7 Å². The second-order valence-electron chi connectivity index (χ2n) is 7.47. The van der Waals surface area contributed by atoms with Gasteiger partial charge in [0.05, 0.1) is 18.7 Å². The molecule has 0 aliphatic carbocycles. The molecule has 0 spiro atoms. The van der Waals surface area contributed by atoms with Gasteiger partial charge in [0.1, 0.15) is 12.1 Å². The predicted octanol–water partition coefficient (Wildman–Crippen LogP) is 5.49. The minimum atomic E-state index is 0.123. The Morgan fingerprint density at radius 2 is 1.60 bits per heavy atom. The molecule has 0 amide bonds. The predicted molar refractivity (Wildman–Crippen MR) is 119 cm³/mol. The third-order valence-corrected chi connectivity index (χ3v) is 5.63. The Kier molecular flexibility index (Phi) is 4.93. The molecule has 3 aromatic carbocycles. The molecule has 0 radical (unpaired) electrons. The molecular formula is C25H24N4O. The average molecular weight is 396 g/mol. The van der Waals surface area contributed by atoms with Gasteiger partial charge >= 0.3 is 0 Å². The first kappa shape index (κ1) is 18.4. The fraction of sp³-hybridized carbons (Fsp3) is 0.200. The van der Waals surface area contributed by atoms with Crippen LogP contribution < -0.4 is 10.1 Å². The summed E-state index contributed by atoms with van der Waals surface area (Å²) in [6.07, 6.45) is 2.51. The molecule has 2 heterocycles. The second kappa shape index (κ2) is 8.03. The van der Waals surface area contributed by atoms with Gasteiger partial charge in [-0.05, 0) is 47.7 Å². The Morgan fingerprint density at radius 1 is 0.900 bits per heavy atom. The van der Waals surface area contributed by atoms with Crippen molar-refractivity contribution in [3.63, 3.8) is 0 Å².